The highest BCUT2D eigenvalue weighted by Crippen LogP contribution is 2.36. The first-order valence-corrected chi connectivity index (χ1v) is 6.53. The number of nitrogens with two attached hydrogens (primary N) is 1. The molecule has 0 aliphatic carbocycles. The maximum absolute atomic E-state index is 9.24. The molecule has 3 aromatic heterocycles. The molecule has 0 aromatic carbocycles. The van der Waals surface area contributed by atoms with Crippen molar-refractivity contribution in [2.45, 2.75) is 6.61 Å². The topological polar surface area (TPSA) is 77.0 Å². The molecule has 0 saturated heterocycles. The number of aliphatic hydroxyl groups excluding tert-OH is 1. The standard InChI is InChI=1S/C10H9BrN4OS/c1-15-6(3-16)14-7-8(15)9-4(13-10(7)12)2-5(11)17-9/h2,16H,3H2,1H3,(H2,12,13). The van der Waals surface area contributed by atoms with E-state index in [0.717, 1.165) is 19.5 Å². The fraction of sp³-hybridized carbons (Fsp3) is 0.200. The summed E-state index contributed by atoms with van der Waals surface area (Å²) in [5.74, 6) is 0.985. The van der Waals surface area contributed by atoms with Crippen molar-refractivity contribution >= 4 is 54.3 Å². The summed E-state index contributed by atoms with van der Waals surface area (Å²) in [6, 6.07) is 1.93. The van der Waals surface area contributed by atoms with Gasteiger partial charge in [-0.1, -0.05) is 0 Å². The quantitative estimate of drug-likeness (QED) is 0.720. The Morgan fingerprint density at radius 2 is 2.29 bits per heavy atom. The number of aryl methyl sites for hydroxylation is 1. The molecule has 17 heavy (non-hydrogen) atoms. The summed E-state index contributed by atoms with van der Waals surface area (Å²) in [6.45, 7) is -0.112. The van der Waals surface area contributed by atoms with Gasteiger partial charge in [-0.15, -0.1) is 11.3 Å². The molecule has 0 fully saturated rings. The molecule has 0 bridgehead atoms. The molecule has 0 spiro atoms. The summed E-state index contributed by atoms with van der Waals surface area (Å²) in [4.78, 5) is 8.62. The summed E-state index contributed by atoms with van der Waals surface area (Å²) in [6.07, 6.45) is 0. The summed E-state index contributed by atoms with van der Waals surface area (Å²) >= 11 is 5.03. The lowest BCUT2D eigenvalue weighted by molar-refractivity contribution is 0.268. The number of anilines is 1. The van der Waals surface area contributed by atoms with E-state index in [2.05, 4.69) is 25.9 Å². The largest absolute Gasteiger partial charge is 0.388 e. The smallest absolute Gasteiger partial charge is 0.152 e. The summed E-state index contributed by atoms with van der Waals surface area (Å²) in [5, 5.41) is 9.24. The Bertz CT molecular complexity index is 733. The average Bonchev–Trinajstić information content (AvgIpc) is 2.79. The number of aromatic nitrogens is 3. The molecule has 5 nitrogen and oxygen atoms in total. The Kier molecular flexibility index (Phi) is 2.35. The van der Waals surface area contributed by atoms with Crippen LogP contribution in [0.3, 0.4) is 0 Å². The van der Waals surface area contributed by atoms with E-state index < -0.39 is 0 Å². The maximum atomic E-state index is 9.24. The molecule has 3 N–H and O–H groups in total. The molecule has 0 aliphatic rings. The molecular formula is C10H9BrN4OS. The third-order valence-electron chi connectivity index (χ3n) is 2.71. The fourth-order valence-electron chi connectivity index (χ4n) is 1.91. The summed E-state index contributed by atoms with van der Waals surface area (Å²) < 4.78 is 3.88. The molecular weight excluding hydrogens is 304 g/mol. The van der Waals surface area contributed by atoms with Crippen molar-refractivity contribution in [3.63, 3.8) is 0 Å². The first-order valence-electron chi connectivity index (χ1n) is 4.92. The minimum Gasteiger partial charge on any atom is -0.388 e. The van der Waals surface area contributed by atoms with Crippen molar-refractivity contribution in [3.8, 4) is 0 Å². The lowest BCUT2D eigenvalue weighted by Crippen LogP contribution is -1.96. The first kappa shape index (κ1) is 10.9. The van der Waals surface area contributed by atoms with Gasteiger partial charge in [-0.2, -0.15) is 0 Å². The van der Waals surface area contributed by atoms with E-state index >= 15 is 0 Å². The molecule has 3 heterocycles. The lowest BCUT2D eigenvalue weighted by Gasteiger charge is -2.00. The van der Waals surface area contributed by atoms with E-state index in [9.17, 15) is 5.11 Å². The number of hydrogen-bond donors (Lipinski definition) is 2. The van der Waals surface area contributed by atoms with Crippen molar-refractivity contribution in [3.05, 3.63) is 15.7 Å². The monoisotopic (exact) mass is 312 g/mol. The number of pyridine rings is 1. The van der Waals surface area contributed by atoms with Crippen LogP contribution in [-0.2, 0) is 13.7 Å². The van der Waals surface area contributed by atoms with Crippen molar-refractivity contribution in [2.75, 3.05) is 5.73 Å². The van der Waals surface area contributed by atoms with Gasteiger partial charge in [-0.25, -0.2) is 9.97 Å². The minimum absolute atomic E-state index is 0.112. The molecule has 0 amide bonds. The highest BCUT2D eigenvalue weighted by molar-refractivity contribution is 9.11. The SMILES string of the molecule is Cn1c(CO)nc2c(N)nc3cc(Br)sc3c21. The summed E-state index contributed by atoms with van der Waals surface area (Å²) in [5.41, 5.74) is 8.31. The average molecular weight is 313 g/mol. The van der Waals surface area contributed by atoms with Crippen molar-refractivity contribution in [1.82, 2.24) is 14.5 Å². The molecule has 0 saturated carbocycles. The van der Waals surface area contributed by atoms with E-state index in [1.807, 2.05) is 17.7 Å². The zero-order chi connectivity index (χ0) is 12.2. The highest BCUT2D eigenvalue weighted by atomic mass is 79.9. The Hall–Kier alpha value is -1.18. The van der Waals surface area contributed by atoms with Crippen molar-refractivity contribution < 1.29 is 5.11 Å². The molecule has 0 unspecified atom stereocenters. The third-order valence-corrected chi connectivity index (χ3v) is 4.34. The second-order valence-electron chi connectivity index (χ2n) is 3.70. The number of rotatable bonds is 1. The van der Waals surface area contributed by atoms with Gasteiger partial charge in [-0.3, -0.25) is 0 Å². The van der Waals surface area contributed by atoms with Crippen LogP contribution < -0.4 is 5.73 Å². The van der Waals surface area contributed by atoms with Gasteiger partial charge in [0, 0.05) is 7.05 Å². The molecule has 3 rings (SSSR count). The van der Waals surface area contributed by atoms with Gasteiger partial charge in [0.2, 0.25) is 0 Å². The molecule has 3 aromatic rings. The van der Waals surface area contributed by atoms with Gasteiger partial charge in [0.1, 0.15) is 17.9 Å². The first-order chi connectivity index (χ1) is 8.11. The van der Waals surface area contributed by atoms with Crippen LogP contribution in [-0.4, -0.2) is 19.6 Å². The number of nitrogen functional groups attached to an aromatic ring is 1. The maximum Gasteiger partial charge on any atom is 0.152 e. The predicted molar refractivity (Wildman–Crippen MR) is 71.9 cm³/mol. The second-order valence-corrected chi connectivity index (χ2v) is 6.14. The van der Waals surface area contributed by atoms with Crippen LogP contribution in [0.2, 0.25) is 0 Å². The minimum atomic E-state index is -0.112. The van der Waals surface area contributed by atoms with Crippen LogP contribution in [0.1, 0.15) is 5.82 Å². The zero-order valence-corrected chi connectivity index (χ0v) is 11.3. The second kappa shape index (κ2) is 3.66. The van der Waals surface area contributed by atoms with E-state index in [0.29, 0.717) is 17.2 Å². The molecule has 88 valence electrons. The van der Waals surface area contributed by atoms with E-state index in [4.69, 9.17) is 5.73 Å². The third kappa shape index (κ3) is 1.46. The number of thiophene rings is 1. The van der Waals surface area contributed by atoms with Gasteiger partial charge in [0.15, 0.2) is 5.82 Å². The molecule has 0 radical (unpaired) electrons. The van der Waals surface area contributed by atoms with E-state index in [1.165, 1.54) is 0 Å². The van der Waals surface area contributed by atoms with E-state index in [-0.39, 0.29) is 6.61 Å². The summed E-state index contributed by atoms with van der Waals surface area (Å²) in [7, 11) is 1.87. The number of aliphatic hydroxyl groups is 1. The molecule has 7 heteroatoms. The molecule has 0 atom stereocenters. The van der Waals surface area contributed by atoms with Crippen molar-refractivity contribution in [1.29, 1.82) is 0 Å². The van der Waals surface area contributed by atoms with Crippen LogP contribution in [0.4, 0.5) is 5.82 Å². The Labute approximate surface area is 109 Å². The van der Waals surface area contributed by atoms with Crippen LogP contribution >= 0.6 is 27.3 Å². The number of hydrogen-bond acceptors (Lipinski definition) is 5. The lowest BCUT2D eigenvalue weighted by atomic mass is 10.3. The number of fused-ring (bicyclic) bond motifs is 3. The Balaban J connectivity index is 2.57. The predicted octanol–water partition coefficient (Wildman–Crippen LogP) is 2.02. The van der Waals surface area contributed by atoms with Crippen molar-refractivity contribution in [2.24, 2.45) is 7.05 Å². The van der Waals surface area contributed by atoms with Gasteiger partial charge in [0.05, 0.1) is 19.5 Å². The van der Waals surface area contributed by atoms with Crippen LogP contribution in [0.5, 0.6) is 0 Å². The van der Waals surface area contributed by atoms with Gasteiger partial charge in [-0.05, 0) is 22.0 Å². The normalized spacial score (nSPS) is 11.7. The molecule has 0 aliphatic heterocycles. The van der Waals surface area contributed by atoms with Gasteiger partial charge in [0.25, 0.3) is 0 Å². The highest BCUT2D eigenvalue weighted by Gasteiger charge is 2.16. The van der Waals surface area contributed by atoms with E-state index in [1.54, 1.807) is 11.3 Å². The van der Waals surface area contributed by atoms with Crippen LogP contribution in [0.25, 0.3) is 21.3 Å². The van der Waals surface area contributed by atoms with Crippen LogP contribution in [0, 0.1) is 0 Å². The zero-order valence-electron chi connectivity index (χ0n) is 8.94. The number of halogens is 1. The Morgan fingerprint density at radius 3 is 3.00 bits per heavy atom. The number of imidazole rings is 1. The van der Waals surface area contributed by atoms with Crippen LogP contribution in [0.15, 0.2) is 9.85 Å². The van der Waals surface area contributed by atoms with Gasteiger partial charge < -0.3 is 15.4 Å². The number of nitrogens with zero attached hydrogens (tertiary/aromatic N) is 3. The van der Waals surface area contributed by atoms with Gasteiger partial charge >= 0.3 is 0 Å². The fourth-order valence-corrected chi connectivity index (χ4v) is 3.52. The Morgan fingerprint density at radius 1 is 1.53 bits per heavy atom.